The van der Waals surface area contributed by atoms with Crippen molar-refractivity contribution in [3.63, 3.8) is 0 Å². The van der Waals surface area contributed by atoms with Crippen LogP contribution in [0.15, 0.2) is 24.8 Å². The number of nitrogens with one attached hydrogen (secondary N) is 1. The van der Waals surface area contributed by atoms with Crippen LogP contribution in [0, 0.1) is 0 Å². The number of carbonyl (C=O) groups is 1. The largest absolute Gasteiger partial charge is 0.387 e. The second kappa shape index (κ2) is 8.62. The standard InChI is InChI=1S/C22H30N8O4/c1-11-8-12(4-6-28(11)2)26-21(33)18-16(31)17(32)22(34-18)30-9-13(14-5-7-29(3)27-14)15-19(23)24-10-25-20(15)30/h5,7,9-12,16-18,22,31-32H,4,6,8H2,1-3H3,(H,26,33)(H2,23,24,25)/t11-,12+,16-,17+,18-,22+/m0/s1. The summed E-state index contributed by atoms with van der Waals surface area (Å²) in [5.74, 6) is -0.186. The van der Waals surface area contributed by atoms with E-state index in [1.165, 1.54) is 6.33 Å². The highest BCUT2D eigenvalue weighted by molar-refractivity contribution is 5.99. The number of aryl methyl sites for hydroxylation is 1. The van der Waals surface area contributed by atoms with E-state index in [4.69, 9.17) is 10.5 Å². The van der Waals surface area contributed by atoms with Gasteiger partial charge in [-0.1, -0.05) is 0 Å². The molecular weight excluding hydrogens is 440 g/mol. The Hall–Kier alpha value is -3.06. The van der Waals surface area contributed by atoms with Crippen molar-refractivity contribution in [1.29, 1.82) is 0 Å². The van der Waals surface area contributed by atoms with Crippen molar-refractivity contribution in [2.24, 2.45) is 7.05 Å². The van der Waals surface area contributed by atoms with Crippen LogP contribution in [0.3, 0.4) is 0 Å². The van der Waals surface area contributed by atoms with E-state index in [2.05, 4.69) is 39.3 Å². The zero-order valence-electron chi connectivity index (χ0n) is 19.4. The van der Waals surface area contributed by atoms with E-state index in [1.54, 1.807) is 28.7 Å². The number of aliphatic hydroxyl groups is 2. The fourth-order valence-corrected chi connectivity index (χ4v) is 4.87. The maximum atomic E-state index is 13.0. The van der Waals surface area contributed by atoms with Gasteiger partial charge in [-0.25, -0.2) is 9.97 Å². The van der Waals surface area contributed by atoms with Gasteiger partial charge in [-0.3, -0.25) is 9.48 Å². The molecule has 0 aromatic carbocycles. The van der Waals surface area contributed by atoms with Gasteiger partial charge in [-0.2, -0.15) is 5.10 Å². The van der Waals surface area contributed by atoms with Gasteiger partial charge in [0.1, 0.15) is 30.0 Å². The summed E-state index contributed by atoms with van der Waals surface area (Å²) in [7, 11) is 3.86. The topological polar surface area (TPSA) is 157 Å². The van der Waals surface area contributed by atoms with Crippen molar-refractivity contribution in [2.75, 3.05) is 19.3 Å². The number of amides is 1. The molecule has 12 heteroatoms. The Morgan fingerprint density at radius 3 is 2.76 bits per heavy atom. The highest BCUT2D eigenvalue weighted by Crippen LogP contribution is 2.38. The third-order valence-corrected chi connectivity index (χ3v) is 6.95. The number of nitrogen functional groups attached to an aromatic ring is 1. The normalized spacial score (nSPS) is 30.1. The van der Waals surface area contributed by atoms with Gasteiger partial charge in [0.15, 0.2) is 12.3 Å². The van der Waals surface area contributed by atoms with Crippen LogP contribution in [0.25, 0.3) is 22.3 Å². The van der Waals surface area contributed by atoms with Gasteiger partial charge in [0.25, 0.3) is 5.91 Å². The van der Waals surface area contributed by atoms with Crippen LogP contribution < -0.4 is 11.1 Å². The van der Waals surface area contributed by atoms with Crippen molar-refractivity contribution in [1.82, 2.24) is 34.5 Å². The number of hydrogen-bond acceptors (Lipinski definition) is 9. The van der Waals surface area contributed by atoms with E-state index in [0.717, 1.165) is 19.4 Å². The highest BCUT2D eigenvalue weighted by atomic mass is 16.6. The van der Waals surface area contributed by atoms with E-state index in [0.29, 0.717) is 28.3 Å². The lowest BCUT2D eigenvalue weighted by Crippen LogP contribution is -2.51. The average molecular weight is 471 g/mol. The summed E-state index contributed by atoms with van der Waals surface area (Å²) in [4.78, 5) is 23.7. The van der Waals surface area contributed by atoms with Gasteiger partial charge < -0.3 is 35.5 Å². The Morgan fingerprint density at radius 2 is 2.06 bits per heavy atom. The fourth-order valence-electron chi connectivity index (χ4n) is 4.87. The van der Waals surface area contributed by atoms with Crippen LogP contribution in [0.4, 0.5) is 5.82 Å². The molecule has 0 aliphatic carbocycles. The molecule has 5 rings (SSSR count). The molecular formula is C22H30N8O4. The first kappa shape index (κ1) is 22.7. The number of nitrogens with zero attached hydrogens (tertiary/aromatic N) is 6. The summed E-state index contributed by atoms with van der Waals surface area (Å²) in [5.41, 5.74) is 7.87. The lowest BCUT2D eigenvalue weighted by Gasteiger charge is -2.35. The number of hydrogen-bond donors (Lipinski definition) is 4. The van der Waals surface area contributed by atoms with Crippen molar-refractivity contribution in [2.45, 2.75) is 56.4 Å². The molecule has 0 radical (unpaired) electrons. The first-order valence-electron chi connectivity index (χ1n) is 11.4. The number of carbonyl (C=O) groups excluding carboxylic acids is 1. The van der Waals surface area contributed by atoms with Crippen molar-refractivity contribution >= 4 is 22.8 Å². The molecule has 3 aromatic rings. The number of piperidine rings is 1. The van der Waals surface area contributed by atoms with Crippen molar-refractivity contribution in [3.8, 4) is 11.3 Å². The Bertz CT molecular complexity index is 1210. The molecule has 3 aromatic heterocycles. The van der Waals surface area contributed by atoms with Gasteiger partial charge in [0, 0.05) is 43.6 Å². The highest BCUT2D eigenvalue weighted by Gasteiger charge is 2.48. The summed E-state index contributed by atoms with van der Waals surface area (Å²) in [6.07, 6.45) is 1.43. The lowest BCUT2D eigenvalue weighted by molar-refractivity contribution is -0.138. The molecule has 0 bridgehead atoms. The van der Waals surface area contributed by atoms with E-state index < -0.39 is 30.4 Å². The maximum Gasteiger partial charge on any atom is 0.252 e. The number of rotatable bonds is 4. The molecule has 34 heavy (non-hydrogen) atoms. The molecule has 2 aliphatic heterocycles. The number of nitrogens with two attached hydrogens (primary N) is 1. The monoisotopic (exact) mass is 470 g/mol. The summed E-state index contributed by atoms with van der Waals surface area (Å²) in [6.45, 7) is 2.99. The van der Waals surface area contributed by atoms with Gasteiger partial charge in [0.2, 0.25) is 0 Å². The zero-order valence-corrected chi connectivity index (χ0v) is 19.4. The predicted molar refractivity (Wildman–Crippen MR) is 123 cm³/mol. The molecule has 0 spiro atoms. The van der Waals surface area contributed by atoms with Gasteiger partial charge in [-0.05, 0) is 32.9 Å². The van der Waals surface area contributed by atoms with Crippen LogP contribution in [-0.4, -0.2) is 89.3 Å². The second-order valence-corrected chi connectivity index (χ2v) is 9.27. The minimum Gasteiger partial charge on any atom is -0.387 e. The SMILES string of the molecule is C[C@H]1C[C@H](NC(=O)[C@H]2O[C@@H](n3cc(-c4ccn(C)n4)c4c(N)ncnc43)[C@H](O)[C@@H]2O)CCN1C. The quantitative estimate of drug-likeness (QED) is 0.399. The van der Waals surface area contributed by atoms with Crippen LogP contribution in [0.2, 0.25) is 0 Å². The smallest absolute Gasteiger partial charge is 0.252 e. The third kappa shape index (κ3) is 3.82. The Morgan fingerprint density at radius 1 is 1.26 bits per heavy atom. The second-order valence-electron chi connectivity index (χ2n) is 9.27. The van der Waals surface area contributed by atoms with Gasteiger partial charge in [0.05, 0.1) is 11.1 Å². The van der Waals surface area contributed by atoms with Crippen LogP contribution in [0.1, 0.15) is 26.0 Å². The molecule has 2 fully saturated rings. The van der Waals surface area contributed by atoms with Crippen LogP contribution in [-0.2, 0) is 16.6 Å². The molecule has 5 heterocycles. The fraction of sp³-hybridized carbons (Fsp3) is 0.545. The minimum absolute atomic E-state index is 0.0126. The summed E-state index contributed by atoms with van der Waals surface area (Å²) in [5, 5.41) is 29.5. The van der Waals surface area contributed by atoms with E-state index in [-0.39, 0.29) is 11.9 Å². The lowest BCUT2D eigenvalue weighted by atomic mass is 9.98. The minimum atomic E-state index is -1.40. The Balaban J connectivity index is 1.43. The van der Waals surface area contributed by atoms with Gasteiger partial charge in [-0.15, -0.1) is 0 Å². The molecule has 2 saturated heterocycles. The molecule has 5 N–H and O–H groups in total. The number of aromatic nitrogens is 5. The van der Waals surface area contributed by atoms with Crippen molar-refractivity contribution < 1.29 is 19.7 Å². The molecule has 12 nitrogen and oxygen atoms in total. The summed E-state index contributed by atoms with van der Waals surface area (Å²) >= 11 is 0. The first-order chi connectivity index (χ1) is 16.2. The summed E-state index contributed by atoms with van der Waals surface area (Å²) < 4.78 is 9.18. The number of ether oxygens (including phenoxy) is 1. The molecule has 6 atom stereocenters. The Labute approximate surface area is 196 Å². The Kier molecular flexibility index (Phi) is 5.76. The van der Waals surface area contributed by atoms with E-state index in [9.17, 15) is 15.0 Å². The van der Waals surface area contributed by atoms with Crippen LogP contribution >= 0.6 is 0 Å². The van der Waals surface area contributed by atoms with Crippen LogP contribution in [0.5, 0.6) is 0 Å². The summed E-state index contributed by atoms with van der Waals surface area (Å²) in [6, 6.07) is 2.15. The molecule has 2 aliphatic rings. The van der Waals surface area contributed by atoms with Gasteiger partial charge >= 0.3 is 0 Å². The van der Waals surface area contributed by atoms with E-state index in [1.807, 2.05) is 6.07 Å². The molecule has 0 saturated carbocycles. The number of likely N-dealkylation sites (tertiary alicyclic amines) is 1. The average Bonchev–Trinajstić information content (AvgIpc) is 3.48. The predicted octanol–water partition coefficient (Wildman–Crippen LogP) is -0.368. The number of anilines is 1. The van der Waals surface area contributed by atoms with Crippen molar-refractivity contribution in [3.05, 3.63) is 24.8 Å². The maximum absolute atomic E-state index is 13.0. The first-order valence-corrected chi connectivity index (χ1v) is 11.4. The molecule has 1 amide bonds. The zero-order chi connectivity index (χ0) is 24.1. The van der Waals surface area contributed by atoms with E-state index >= 15 is 0 Å². The molecule has 0 unspecified atom stereocenters. The number of fused-ring (bicyclic) bond motifs is 1. The number of aliphatic hydroxyl groups excluding tert-OH is 2. The molecule has 182 valence electrons. The third-order valence-electron chi connectivity index (χ3n) is 6.95.